The van der Waals surface area contributed by atoms with Gasteiger partial charge >= 0.3 is 0 Å². The topological polar surface area (TPSA) is 64.0 Å². The first-order valence-corrected chi connectivity index (χ1v) is 12.0. The fourth-order valence-electron chi connectivity index (χ4n) is 4.06. The van der Waals surface area contributed by atoms with E-state index in [0.717, 1.165) is 25.7 Å². The smallest absolute Gasteiger partial charge is 0.262 e. The molecule has 29 heavy (non-hydrogen) atoms. The van der Waals surface area contributed by atoms with Crippen LogP contribution in [0.15, 0.2) is 34.2 Å². The number of rotatable bonds is 9. The van der Waals surface area contributed by atoms with Gasteiger partial charge in [-0.2, -0.15) is 0 Å². The maximum absolute atomic E-state index is 13.0. The minimum absolute atomic E-state index is 0.00379. The van der Waals surface area contributed by atoms with E-state index in [0.29, 0.717) is 34.3 Å². The lowest BCUT2D eigenvalue weighted by Gasteiger charge is -2.29. The molecule has 0 bridgehead atoms. The van der Waals surface area contributed by atoms with E-state index in [9.17, 15) is 9.59 Å². The van der Waals surface area contributed by atoms with Gasteiger partial charge in [0, 0.05) is 12.6 Å². The van der Waals surface area contributed by atoms with Crippen LogP contribution in [0, 0.1) is 5.92 Å². The van der Waals surface area contributed by atoms with Crippen molar-refractivity contribution in [3.8, 4) is 0 Å². The normalized spacial score (nSPS) is 19.4. The fraction of sp³-hybridized carbons (Fsp3) is 0.609. The Kier molecular flexibility index (Phi) is 8.16. The second kappa shape index (κ2) is 10.8. The first-order valence-electron chi connectivity index (χ1n) is 11.0. The zero-order valence-corrected chi connectivity index (χ0v) is 18.5. The quantitative estimate of drug-likeness (QED) is 0.364. The van der Waals surface area contributed by atoms with Gasteiger partial charge in [-0.25, -0.2) is 4.98 Å². The van der Waals surface area contributed by atoms with Crippen molar-refractivity contribution in [3.05, 3.63) is 34.6 Å². The number of carbonyl (C=O) groups excluding carboxylic acids is 1. The highest BCUT2D eigenvalue weighted by atomic mass is 32.2. The van der Waals surface area contributed by atoms with E-state index in [1.54, 1.807) is 4.57 Å². The first kappa shape index (κ1) is 21.9. The number of benzene rings is 1. The van der Waals surface area contributed by atoms with E-state index in [4.69, 9.17) is 4.98 Å². The number of carbonyl (C=O) groups is 1. The molecule has 0 unspecified atom stereocenters. The van der Waals surface area contributed by atoms with Crippen molar-refractivity contribution in [2.24, 2.45) is 5.92 Å². The Morgan fingerprint density at radius 1 is 1.21 bits per heavy atom. The molecule has 1 fully saturated rings. The summed E-state index contributed by atoms with van der Waals surface area (Å²) in [4.78, 5) is 30.3. The molecule has 2 atom stereocenters. The number of hydrogen-bond donors (Lipinski definition) is 1. The van der Waals surface area contributed by atoms with E-state index in [-0.39, 0.29) is 17.5 Å². The Balaban J connectivity index is 1.72. The molecular weight excluding hydrogens is 382 g/mol. The van der Waals surface area contributed by atoms with Gasteiger partial charge in [0.25, 0.3) is 5.56 Å². The molecule has 1 N–H and O–H groups in total. The van der Waals surface area contributed by atoms with E-state index in [1.807, 2.05) is 24.3 Å². The Morgan fingerprint density at radius 3 is 2.79 bits per heavy atom. The molecule has 1 amide bonds. The van der Waals surface area contributed by atoms with Crippen LogP contribution in [0.1, 0.15) is 65.2 Å². The molecule has 1 saturated carbocycles. The molecule has 1 heterocycles. The van der Waals surface area contributed by atoms with Crippen molar-refractivity contribution in [2.45, 2.75) is 83.0 Å². The summed E-state index contributed by atoms with van der Waals surface area (Å²) in [5.41, 5.74) is 0.696. The van der Waals surface area contributed by atoms with Gasteiger partial charge in [0.05, 0.1) is 16.7 Å². The fourth-order valence-corrected chi connectivity index (χ4v) is 4.90. The van der Waals surface area contributed by atoms with Crippen LogP contribution in [0.2, 0.25) is 0 Å². The van der Waals surface area contributed by atoms with Gasteiger partial charge in [0.15, 0.2) is 5.16 Å². The molecule has 3 rings (SSSR count). The van der Waals surface area contributed by atoms with Gasteiger partial charge < -0.3 is 5.32 Å². The lowest BCUT2D eigenvalue weighted by Crippen LogP contribution is -2.42. The molecule has 1 aliphatic carbocycles. The van der Waals surface area contributed by atoms with E-state index in [1.165, 1.54) is 37.4 Å². The number of hydrogen-bond acceptors (Lipinski definition) is 4. The van der Waals surface area contributed by atoms with Crippen molar-refractivity contribution in [2.75, 3.05) is 5.75 Å². The van der Waals surface area contributed by atoms with Crippen LogP contribution < -0.4 is 10.9 Å². The van der Waals surface area contributed by atoms with Crippen molar-refractivity contribution >= 4 is 28.6 Å². The number of para-hydroxylation sites is 1. The van der Waals surface area contributed by atoms with Crippen molar-refractivity contribution < 1.29 is 4.79 Å². The number of nitrogens with zero attached hydrogens (tertiary/aromatic N) is 2. The molecule has 1 aromatic carbocycles. The Bertz CT molecular complexity index is 880. The number of thioether (sulfide) groups is 1. The summed E-state index contributed by atoms with van der Waals surface area (Å²) in [6.45, 7) is 5.05. The molecular formula is C23H33N3O2S. The summed E-state index contributed by atoms with van der Waals surface area (Å²) in [5.74, 6) is 0.866. The van der Waals surface area contributed by atoms with Crippen LogP contribution in [0.25, 0.3) is 10.9 Å². The molecule has 0 aliphatic heterocycles. The monoisotopic (exact) mass is 415 g/mol. The van der Waals surface area contributed by atoms with Gasteiger partial charge in [-0.05, 0) is 37.3 Å². The molecule has 158 valence electrons. The SMILES string of the molecule is CCCCCCn1c(SCC(=O)N[C@@H]2CCCC[C@H]2C)nc2ccccc2c1=O. The van der Waals surface area contributed by atoms with Crippen LogP contribution in [0.4, 0.5) is 0 Å². The molecule has 0 spiro atoms. The Labute approximate surface area is 177 Å². The molecule has 0 radical (unpaired) electrons. The summed E-state index contributed by atoms with van der Waals surface area (Å²) < 4.78 is 1.76. The van der Waals surface area contributed by atoms with Gasteiger partial charge in [-0.3, -0.25) is 14.2 Å². The van der Waals surface area contributed by atoms with Crippen LogP contribution in [-0.4, -0.2) is 27.3 Å². The minimum Gasteiger partial charge on any atom is -0.352 e. The standard InChI is InChI=1S/C23H33N3O2S/c1-3-4-5-10-15-26-22(28)18-12-7-9-14-20(18)25-23(26)29-16-21(27)24-19-13-8-6-11-17(19)2/h7,9,12,14,17,19H,3-6,8,10-11,13,15-16H2,1-2H3,(H,24,27)/t17-,19-/m1/s1. The van der Waals surface area contributed by atoms with Gasteiger partial charge in [0.1, 0.15) is 0 Å². The number of aromatic nitrogens is 2. The number of amides is 1. The third-order valence-electron chi connectivity index (χ3n) is 5.85. The summed E-state index contributed by atoms with van der Waals surface area (Å²) >= 11 is 1.38. The van der Waals surface area contributed by atoms with Crippen LogP contribution in [0.5, 0.6) is 0 Å². The number of nitrogens with one attached hydrogen (secondary N) is 1. The zero-order chi connectivity index (χ0) is 20.6. The van der Waals surface area contributed by atoms with Crippen LogP contribution >= 0.6 is 11.8 Å². The summed E-state index contributed by atoms with van der Waals surface area (Å²) in [6, 6.07) is 7.74. The highest BCUT2D eigenvalue weighted by Crippen LogP contribution is 2.24. The predicted octanol–water partition coefficient (Wildman–Crippen LogP) is 4.76. The van der Waals surface area contributed by atoms with Gasteiger partial charge in [-0.1, -0.05) is 69.8 Å². The van der Waals surface area contributed by atoms with E-state index in [2.05, 4.69) is 19.2 Å². The molecule has 0 saturated heterocycles. The van der Waals surface area contributed by atoms with Crippen molar-refractivity contribution in [1.82, 2.24) is 14.9 Å². The van der Waals surface area contributed by atoms with Crippen LogP contribution in [-0.2, 0) is 11.3 Å². The van der Waals surface area contributed by atoms with Crippen molar-refractivity contribution in [3.63, 3.8) is 0 Å². The molecule has 2 aromatic rings. The molecule has 1 aromatic heterocycles. The lowest BCUT2D eigenvalue weighted by atomic mass is 9.86. The zero-order valence-electron chi connectivity index (χ0n) is 17.7. The van der Waals surface area contributed by atoms with E-state index < -0.39 is 0 Å². The Hall–Kier alpha value is -1.82. The largest absolute Gasteiger partial charge is 0.352 e. The van der Waals surface area contributed by atoms with Gasteiger partial charge in [-0.15, -0.1) is 0 Å². The van der Waals surface area contributed by atoms with Crippen molar-refractivity contribution in [1.29, 1.82) is 0 Å². The Morgan fingerprint density at radius 2 is 2.00 bits per heavy atom. The third-order valence-corrected chi connectivity index (χ3v) is 6.83. The first-order chi connectivity index (χ1) is 14.1. The lowest BCUT2D eigenvalue weighted by molar-refractivity contribution is -0.119. The second-order valence-electron chi connectivity index (χ2n) is 8.15. The predicted molar refractivity (Wildman–Crippen MR) is 120 cm³/mol. The second-order valence-corrected chi connectivity index (χ2v) is 9.10. The molecule has 6 heteroatoms. The average molecular weight is 416 g/mol. The number of fused-ring (bicyclic) bond motifs is 1. The highest BCUT2D eigenvalue weighted by molar-refractivity contribution is 7.99. The molecule has 1 aliphatic rings. The van der Waals surface area contributed by atoms with Gasteiger partial charge in [0.2, 0.25) is 5.91 Å². The summed E-state index contributed by atoms with van der Waals surface area (Å²) in [7, 11) is 0. The molecule has 5 nitrogen and oxygen atoms in total. The van der Waals surface area contributed by atoms with E-state index >= 15 is 0 Å². The summed E-state index contributed by atoms with van der Waals surface area (Å²) in [5, 5.41) is 4.49. The maximum atomic E-state index is 13.0. The third kappa shape index (κ3) is 5.84. The summed E-state index contributed by atoms with van der Waals surface area (Å²) in [6.07, 6.45) is 9.06. The number of unbranched alkanes of at least 4 members (excludes halogenated alkanes) is 3. The maximum Gasteiger partial charge on any atom is 0.262 e. The highest BCUT2D eigenvalue weighted by Gasteiger charge is 2.23. The average Bonchev–Trinajstić information content (AvgIpc) is 2.73. The van der Waals surface area contributed by atoms with Crippen LogP contribution in [0.3, 0.4) is 0 Å². The minimum atomic E-state index is -0.00379.